The summed E-state index contributed by atoms with van der Waals surface area (Å²) in [4.78, 5) is 19.8. The minimum atomic E-state index is -0.870. The highest BCUT2D eigenvalue weighted by molar-refractivity contribution is 5.67. The summed E-state index contributed by atoms with van der Waals surface area (Å²) in [5.41, 5.74) is 11.3. The Bertz CT molecular complexity index is 224. The van der Waals surface area contributed by atoms with Crippen molar-refractivity contribution in [2.75, 3.05) is 0 Å². The van der Waals surface area contributed by atoms with E-state index in [9.17, 15) is 9.59 Å². The maximum atomic E-state index is 9.90. The smallest absolute Gasteiger partial charge is 0.303 e. The van der Waals surface area contributed by atoms with E-state index in [-0.39, 0.29) is 12.8 Å². The summed E-state index contributed by atoms with van der Waals surface area (Å²) in [5, 5.41) is 16.3. The molecule has 1 aliphatic rings. The molecular weight excluding hydrogens is 236 g/mol. The van der Waals surface area contributed by atoms with Crippen molar-refractivity contribution in [3.05, 3.63) is 0 Å². The van der Waals surface area contributed by atoms with Crippen LogP contribution >= 0.6 is 0 Å². The van der Waals surface area contributed by atoms with Gasteiger partial charge in [0.05, 0.1) is 0 Å². The Kier molecular flexibility index (Phi) is 9.22. The van der Waals surface area contributed by atoms with Crippen molar-refractivity contribution in [1.82, 2.24) is 0 Å². The van der Waals surface area contributed by atoms with E-state index in [2.05, 4.69) is 0 Å². The SMILES string of the molecule is NC1CCC(N)CC1.O=C(O)CCCCC(=O)O. The highest BCUT2D eigenvalue weighted by Gasteiger charge is 2.13. The van der Waals surface area contributed by atoms with Crippen molar-refractivity contribution in [1.29, 1.82) is 0 Å². The van der Waals surface area contributed by atoms with Crippen LogP contribution in [-0.4, -0.2) is 34.2 Å². The standard InChI is InChI=1S/C6H14N2.C6H10O4/c7-5-1-2-6(8)4-3-5;7-5(8)3-1-2-4-6(9)10/h5-6H,1-4,7-8H2;1-4H2,(H,7,8)(H,9,10). The van der Waals surface area contributed by atoms with Crippen molar-refractivity contribution in [3.8, 4) is 0 Å². The molecule has 0 radical (unpaired) electrons. The molecule has 106 valence electrons. The zero-order valence-corrected chi connectivity index (χ0v) is 10.7. The van der Waals surface area contributed by atoms with Gasteiger partial charge in [-0.3, -0.25) is 9.59 Å². The van der Waals surface area contributed by atoms with E-state index in [4.69, 9.17) is 21.7 Å². The van der Waals surface area contributed by atoms with E-state index in [1.54, 1.807) is 0 Å². The summed E-state index contributed by atoms with van der Waals surface area (Å²) in [6.45, 7) is 0. The Morgan fingerprint density at radius 2 is 1.11 bits per heavy atom. The van der Waals surface area contributed by atoms with Crippen LogP contribution in [0, 0.1) is 0 Å². The topological polar surface area (TPSA) is 127 Å². The summed E-state index contributed by atoms with van der Waals surface area (Å²) in [6, 6.07) is 0.879. The molecule has 6 nitrogen and oxygen atoms in total. The first-order valence-corrected chi connectivity index (χ1v) is 6.36. The minimum Gasteiger partial charge on any atom is -0.481 e. The van der Waals surface area contributed by atoms with Gasteiger partial charge in [0.1, 0.15) is 0 Å². The zero-order chi connectivity index (χ0) is 14.0. The molecule has 6 N–H and O–H groups in total. The summed E-state index contributed by atoms with van der Waals surface area (Å²) < 4.78 is 0. The largest absolute Gasteiger partial charge is 0.481 e. The van der Waals surface area contributed by atoms with Crippen LogP contribution in [0.3, 0.4) is 0 Å². The lowest BCUT2D eigenvalue weighted by Gasteiger charge is -2.22. The van der Waals surface area contributed by atoms with Crippen molar-refractivity contribution in [2.24, 2.45) is 11.5 Å². The molecule has 0 aromatic rings. The highest BCUT2D eigenvalue weighted by atomic mass is 16.4. The second-order valence-electron chi connectivity index (χ2n) is 4.67. The molecule has 0 saturated heterocycles. The fourth-order valence-corrected chi connectivity index (χ4v) is 1.70. The Labute approximate surface area is 107 Å². The van der Waals surface area contributed by atoms with E-state index >= 15 is 0 Å². The number of aliphatic carboxylic acids is 2. The van der Waals surface area contributed by atoms with E-state index in [1.807, 2.05) is 0 Å². The lowest BCUT2D eigenvalue weighted by Crippen LogP contribution is -2.33. The quantitative estimate of drug-likeness (QED) is 0.545. The lowest BCUT2D eigenvalue weighted by molar-refractivity contribution is -0.139. The summed E-state index contributed by atoms with van der Waals surface area (Å²) >= 11 is 0. The highest BCUT2D eigenvalue weighted by Crippen LogP contribution is 2.14. The first-order chi connectivity index (χ1) is 8.41. The van der Waals surface area contributed by atoms with Crippen LogP contribution in [0.4, 0.5) is 0 Å². The number of carbonyl (C=O) groups is 2. The first kappa shape index (κ1) is 16.9. The Hall–Kier alpha value is -1.14. The van der Waals surface area contributed by atoms with Gasteiger partial charge < -0.3 is 21.7 Å². The van der Waals surface area contributed by atoms with E-state index < -0.39 is 11.9 Å². The van der Waals surface area contributed by atoms with Gasteiger partial charge in [0, 0.05) is 24.9 Å². The fourth-order valence-electron chi connectivity index (χ4n) is 1.70. The minimum absolute atomic E-state index is 0.0628. The van der Waals surface area contributed by atoms with Crippen LogP contribution in [0.15, 0.2) is 0 Å². The maximum Gasteiger partial charge on any atom is 0.303 e. The monoisotopic (exact) mass is 260 g/mol. The molecule has 0 amide bonds. The van der Waals surface area contributed by atoms with E-state index in [0.29, 0.717) is 24.9 Å². The molecule has 1 saturated carbocycles. The molecule has 0 spiro atoms. The van der Waals surface area contributed by atoms with Crippen LogP contribution in [0.2, 0.25) is 0 Å². The number of carboxylic acids is 2. The van der Waals surface area contributed by atoms with Crippen molar-refractivity contribution < 1.29 is 19.8 Å². The predicted molar refractivity (Wildman–Crippen MR) is 68.2 cm³/mol. The molecule has 0 aromatic heterocycles. The third-order valence-electron chi connectivity index (χ3n) is 2.85. The van der Waals surface area contributed by atoms with E-state index in [0.717, 1.165) is 25.7 Å². The van der Waals surface area contributed by atoms with Crippen LogP contribution in [0.5, 0.6) is 0 Å². The van der Waals surface area contributed by atoms with Crippen molar-refractivity contribution >= 4 is 11.9 Å². The average Bonchev–Trinajstić information content (AvgIpc) is 2.29. The second kappa shape index (κ2) is 9.85. The zero-order valence-electron chi connectivity index (χ0n) is 10.7. The van der Waals surface area contributed by atoms with Crippen LogP contribution in [-0.2, 0) is 9.59 Å². The molecule has 0 bridgehead atoms. The number of hydrogen-bond donors (Lipinski definition) is 4. The number of hydrogen-bond acceptors (Lipinski definition) is 4. The van der Waals surface area contributed by atoms with Gasteiger partial charge in [0.2, 0.25) is 0 Å². The average molecular weight is 260 g/mol. The number of nitrogens with two attached hydrogens (primary N) is 2. The van der Waals surface area contributed by atoms with Crippen LogP contribution in [0.1, 0.15) is 51.4 Å². The third kappa shape index (κ3) is 11.3. The summed E-state index contributed by atoms with van der Waals surface area (Å²) in [5.74, 6) is -1.74. The maximum absolute atomic E-state index is 9.90. The molecule has 1 rings (SSSR count). The van der Waals surface area contributed by atoms with Crippen molar-refractivity contribution in [2.45, 2.75) is 63.5 Å². The summed E-state index contributed by atoms with van der Waals surface area (Å²) in [7, 11) is 0. The van der Waals surface area contributed by atoms with Gasteiger partial charge in [-0.25, -0.2) is 0 Å². The molecule has 0 aromatic carbocycles. The number of rotatable bonds is 5. The predicted octanol–water partition coefficient (Wildman–Crippen LogP) is 0.931. The first-order valence-electron chi connectivity index (χ1n) is 6.36. The van der Waals surface area contributed by atoms with Gasteiger partial charge in [-0.15, -0.1) is 0 Å². The Balaban J connectivity index is 0.000000327. The normalized spacial score (nSPS) is 22.8. The third-order valence-corrected chi connectivity index (χ3v) is 2.85. The molecule has 6 heteroatoms. The Morgan fingerprint density at radius 1 is 0.833 bits per heavy atom. The number of carboxylic acid groups (broad SMARTS) is 2. The lowest BCUT2D eigenvalue weighted by atomic mass is 9.93. The molecule has 0 heterocycles. The molecule has 0 aliphatic heterocycles. The molecule has 1 fully saturated rings. The van der Waals surface area contributed by atoms with Gasteiger partial charge >= 0.3 is 11.9 Å². The molecular formula is C12H24N2O4. The van der Waals surface area contributed by atoms with Gasteiger partial charge in [0.25, 0.3) is 0 Å². The fraction of sp³-hybridized carbons (Fsp3) is 0.833. The summed E-state index contributed by atoms with van der Waals surface area (Å²) in [6.07, 6.45) is 5.52. The number of unbranched alkanes of at least 4 members (excludes halogenated alkanes) is 1. The molecule has 0 atom stereocenters. The van der Waals surface area contributed by atoms with Gasteiger partial charge in [-0.2, -0.15) is 0 Å². The van der Waals surface area contributed by atoms with Gasteiger partial charge in [-0.1, -0.05) is 0 Å². The second-order valence-corrected chi connectivity index (χ2v) is 4.67. The van der Waals surface area contributed by atoms with Crippen LogP contribution in [0.25, 0.3) is 0 Å². The molecule has 18 heavy (non-hydrogen) atoms. The van der Waals surface area contributed by atoms with E-state index in [1.165, 1.54) is 0 Å². The van der Waals surface area contributed by atoms with Crippen molar-refractivity contribution in [3.63, 3.8) is 0 Å². The van der Waals surface area contributed by atoms with Gasteiger partial charge in [0.15, 0.2) is 0 Å². The van der Waals surface area contributed by atoms with Gasteiger partial charge in [-0.05, 0) is 38.5 Å². The molecule has 1 aliphatic carbocycles. The molecule has 0 unspecified atom stereocenters. The van der Waals surface area contributed by atoms with Crippen LogP contribution < -0.4 is 11.5 Å². The Morgan fingerprint density at radius 3 is 1.33 bits per heavy atom.